The van der Waals surface area contributed by atoms with Crippen molar-refractivity contribution in [1.82, 2.24) is 0 Å². The zero-order chi connectivity index (χ0) is 13.8. The minimum Gasteiger partial charge on any atom is -0.397 e. The summed E-state index contributed by atoms with van der Waals surface area (Å²) in [6.07, 6.45) is 6.46. The molecule has 0 heterocycles. The normalized spacial score (nSPS) is 23.3. The summed E-state index contributed by atoms with van der Waals surface area (Å²) >= 11 is 5.77. The number of nitrogens with one attached hydrogen (secondary N) is 1. The Morgan fingerprint density at radius 1 is 1.26 bits per heavy atom. The summed E-state index contributed by atoms with van der Waals surface area (Å²) in [7, 11) is 0. The number of anilines is 2. The molecule has 0 aliphatic heterocycles. The van der Waals surface area contributed by atoms with Crippen molar-refractivity contribution >= 4 is 23.0 Å². The lowest BCUT2D eigenvalue weighted by Gasteiger charge is -2.28. The third-order valence-electron chi connectivity index (χ3n) is 4.22. The van der Waals surface area contributed by atoms with E-state index >= 15 is 0 Å². The molecule has 2 rings (SSSR count). The molecule has 0 amide bonds. The second kappa shape index (κ2) is 6.47. The van der Waals surface area contributed by atoms with Gasteiger partial charge in [-0.05, 0) is 30.7 Å². The molecule has 0 saturated heterocycles. The molecular formula is C15H22ClFN2. The Kier molecular flexibility index (Phi) is 4.92. The van der Waals surface area contributed by atoms with Crippen molar-refractivity contribution in [1.29, 1.82) is 0 Å². The van der Waals surface area contributed by atoms with Crippen LogP contribution in [0.25, 0.3) is 0 Å². The van der Waals surface area contributed by atoms with Crippen LogP contribution in [0.3, 0.4) is 0 Å². The van der Waals surface area contributed by atoms with E-state index in [9.17, 15) is 4.39 Å². The number of hydrogen-bond acceptors (Lipinski definition) is 2. The number of rotatable bonds is 4. The maximum atomic E-state index is 13.2. The third kappa shape index (κ3) is 3.75. The van der Waals surface area contributed by atoms with Gasteiger partial charge in [-0.2, -0.15) is 0 Å². The van der Waals surface area contributed by atoms with Gasteiger partial charge >= 0.3 is 0 Å². The molecule has 1 aromatic rings. The number of halogens is 2. The lowest BCUT2D eigenvalue weighted by Crippen LogP contribution is -2.21. The van der Waals surface area contributed by atoms with Gasteiger partial charge in [-0.15, -0.1) is 0 Å². The SMILES string of the molecule is CCC1CCC(CNc2cc(Cl)c(F)cc2N)CC1. The Balaban J connectivity index is 1.88. The molecule has 1 aliphatic rings. The Hall–Kier alpha value is -0.960. The fraction of sp³-hybridized carbons (Fsp3) is 0.600. The number of nitrogen functional groups attached to an aromatic ring is 1. The van der Waals surface area contributed by atoms with Crippen LogP contribution in [-0.2, 0) is 0 Å². The molecule has 1 aromatic carbocycles. The predicted molar refractivity (Wildman–Crippen MR) is 80.1 cm³/mol. The monoisotopic (exact) mass is 284 g/mol. The number of nitrogens with two attached hydrogens (primary N) is 1. The Labute approximate surface area is 119 Å². The van der Waals surface area contributed by atoms with E-state index in [0.29, 0.717) is 11.6 Å². The molecule has 4 heteroatoms. The number of benzene rings is 1. The van der Waals surface area contributed by atoms with Gasteiger partial charge in [0.15, 0.2) is 0 Å². The van der Waals surface area contributed by atoms with E-state index in [2.05, 4.69) is 12.2 Å². The van der Waals surface area contributed by atoms with Crippen LogP contribution in [0, 0.1) is 17.7 Å². The van der Waals surface area contributed by atoms with Crippen LogP contribution < -0.4 is 11.1 Å². The predicted octanol–water partition coefficient (Wildman–Crippen LogP) is 4.69. The minimum absolute atomic E-state index is 0.117. The summed E-state index contributed by atoms with van der Waals surface area (Å²) < 4.78 is 13.2. The fourth-order valence-corrected chi connectivity index (χ4v) is 2.98. The van der Waals surface area contributed by atoms with Gasteiger partial charge in [0.05, 0.1) is 16.4 Å². The van der Waals surface area contributed by atoms with Crippen molar-refractivity contribution in [2.45, 2.75) is 39.0 Å². The Bertz CT molecular complexity index is 428. The number of hydrogen-bond donors (Lipinski definition) is 2. The van der Waals surface area contributed by atoms with Gasteiger partial charge in [0.2, 0.25) is 0 Å². The van der Waals surface area contributed by atoms with E-state index < -0.39 is 5.82 Å². The summed E-state index contributed by atoms with van der Waals surface area (Å²) in [5.74, 6) is 1.13. The standard InChI is InChI=1S/C15H22ClFN2/c1-2-10-3-5-11(6-4-10)9-19-15-7-12(16)13(17)8-14(15)18/h7-8,10-11,19H,2-6,9,18H2,1H3. The van der Waals surface area contributed by atoms with Gasteiger partial charge in [-0.25, -0.2) is 4.39 Å². The summed E-state index contributed by atoms with van der Waals surface area (Å²) in [6, 6.07) is 2.85. The zero-order valence-corrected chi connectivity index (χ0v) is 12.1. The van der Waals surface area contributed by atoms with Crippen molar-refractivity contribution in [2.75, 3.05) is 17.6 Å². The first-order chi connectivity index (χ1) is 9.10. The van der Waals surface area contributed by atoms with Crippen LogP contribution in [0.5, 0.6) is 0 Å². The van der Waals surface area contributed by atoms with Crippen LogP contribution in [0.1, 0.15) is 39.0 Å². The van der Waals surface area contributed by atoms with Crippen molar-refractivity contribution in [3.8, 4) is 0 Å². The van der Waals surface area contributed by atoms with E-state index in [1.165, 1.54) is 38.2 Å². The first-order valence-electron chi connectivity index (χ1n) is 7.08. The van der Waals surface area contributed by atoms with Gasteiger partial charge in [0, 0.05) is 12.6 Å². The average molecular weight is 285 g/mol. The van der Waals surface area contributed by atoms with Crippen molar-refractivity contribution in [2.24, 2.45) is 11.8 Å². The van der Waals surface area contributed by atoms with Crippen molar-refractivity contribution in [3.05, 3.63) is 23.0 Å². The van der Waals surface area contributed by atoms with Crippen LogP contribution in [0.15, 0.2) is 12.1 Å². The molecule has 0 aromatic heterocycles. The Morgan fingerprint density at radius 2 is 1.89 bits per heavy atom. The van der Waals surface area contributed by atoms with E-state index in [4.69, 9.17) is 17.3 Å². The van der Waals surface area contributed by atoms with E-state index in [0.717, 1.165) is 18.2 Å². The van der Waals surface area contributed by atoms with E-state index in [1.807, 2.05) is 0 Å². The molecule has 19 heavy (non-hydrogen) atoms. The molecule has 1 aliphatic carbocycles. The lowest BCUT2D eigenvalue weighted by atomic mass is 9.81. The largest absolute Gasteiger partial charge is 0.397 e. The molecule has 0 atom stereocenters. The summed E-state index contributed by atoms with van der Waals surface area (Å²) in [5, 5.41) is 3.42. The van der Waals surface area contributed by atoms with Crippen LogP contribution >= 0.6 is 11.6 Å². The van der Waals surface area contributed by atoms with Crippen molar-refractivity contribution < 1.29 is 4.39 Å². The smallest absolute Gasteiger partial charge is 0.143 e. The van der Waals surface area contributed by atoms with Gasteiger partial charge in [0.1, 0.15) is 5.82 Å². The Morgan fingerprint density at radius 3 is 2.53 bits per heavy atom. The fourth-order valence-electron chi connectivity index (χ4n) is 2.81. The molecule has 3 N–H and O–H groups in total. The van der Waals surface area contributed by atoms with Crippen LogP contribution in [0.2, 0.25) is 5.02 Å². The highest BCUT2D eigenvalue weighted by atomic mass is 35.5. The van der Waals surface area contributed by atoms with Gasteiger partial charge in [-0.3, -0.25) is 0 Å². The topological polar surface area (TPSA) is 38.0 Å². The molecule has 1 saturated carbocycles. The molecule has 1 fully saturated rings. The highest BCUT2D eigenvalue weighted by Gasteiger charge is 2.20. The average Bonchev–Trinajstić information content (AvgIpc) is 2.42. The van der Waals surface area contributed by atoms with Gasteiger partial charge in [0.25, 0.3) is 0 Å². The first kappa shape index (κ1) is 14.4. The highest BCUT2D eigenvalue weighted by Crippen LogP contribution is 2.32. The highest BCUT2D eigenvalue weighted by molar-refractivity contribution is 6.31. The van der Waals surface area contributed by atoms with Crippen LogP contribution in [-0.4, -0.2) is 6.54 Å². The first-order valence-corrected chi connectivity index (χ1v) is 7.46. The third-order valence-corrected chi connectivity index (χ3v) is 4.51. The van der Waals surface area contributed by atoms with Crippen LogP contribution in [0.4, 0.5) is 15.8 Å². The minimum atomic E-state index is -0.465. The second-order valence-corrected chi connectivity index (χ2v) is 5.94. The zero-order valence-electron chi connectivity index (χ0n) is 11.4. The summed E-state index contributed by atoms with van der Waals surface area (Å²) in [6.45, 7) is 3.16. The molecule has 0 radical (unpaired) electrons. The van der Waals surface area contributed by atoms with Gasteiger partial charge in [-0.1, -0.05) is 37.8 Å². The molecule has 0 bridgehead atoms. The summed E-state index contributed by atoms with van der Waals surface area (Å²) in [5.41, 5.74) is 6.95. The second-order valence-electron chi connectivity index (χ2n) is 5.53. The molecular weight excluding hydrogens is 263 g/mol. The molecule has 2 nitrogen and oxygen atoms in total. The maximum absolute atomic E-state index is 13.2. The quantitative estimate of drug-likeness (QED) is 0.787. The summed E-state index contributed by atoms with van der Waals surface area (Å²) in [4.78, 5) is 0. The van der Waals surface area contributed by atoms with E-state index in [-0.39, 0.29) is 5.02 Å². The maximum Gasteiger partial charge on any atom is 0.143 e. The van der Waals surface area contributed by atoms with E-state index in [1.54, 1.807) is 6.07 Å². The molecule has 0 spiro atoms. The molecule has 106 valence electrons. The molecule has 0 unspecified atom stereocenters. The van der Waals surface area contributed by atoms with Crippen molar-refractivity contribution in [3.63, 3.8) is 0 Å². The van der Waals surface area contributed by atoms with Gasteiger partial charge < -0.3 is 11.1 Å². The lowest BCUT2D eigenvalue weighted by molar-refractivity contribution is 0.278.